The van der Waals surface area contributed by atoms with Crippen molar-refractivity contribution in [3.8, 4) is 0 Å². The molecule has 1 saturated heterocycles. The molecule has 0 radical (unpaired) electrons. The zero-order valence-electron chi connectivity index (χ0n) is 13.6. The van der Waals surface area contributed by atoms with Crippen LogP contribution in [0.3, 0.4) is 0 Å². The summed E-state index contributed by atoms with van der Waals surface area (Å²) < 4.78 is 0. The van der Waals surface area contributed by atoms with Gasteiger partial charge < -0.3 is 10.2 Å². The summed E-state index contributed by atoms with van der Waals surface area (Å²) in [5.74, 6) is 0.921. The lowest BCUT2D eigenvalue weighted by Crippen LogP contribution is -2.49. The first-order valence-electron chi connectivity index (χ1n) is 8.20. The summed E-state index contributed by atoms with van der Waals surface area (Å²) >= 11 is 0. The van der Waals surface area contributed by atoms with Gasteiger partial charge in [-0.25, -0.2) is 0 Å². The number of likely N-dealkylation sites (N-methyl/N-ethyl adjacent to an activating group) is 1. The van der Waals surface area contributed by atoms with Gasteiger partial charge in [-0.1, -0.05) is 44.5 Å². The lowest BCUT2D eigenvalue weighted by molar-refractivity contribution is -0.133. The van der Waals surface area contributed by atoms with Gasteiger partial charge in [0.05, 0.1) is 6.04 Å². The number of nitrogens with one attached hydrogen (secondary N) is 1. The summed E-state index contributed by atoms with van der Waals surface area (Å²) in [5.41, 5.74) is 2.54. The van der Waals surface area contributed by atoms with E-state index in [-0.39, 0.29) is 11.9 Å². The molecule has 1 aromatic carbocycles. The molecule has 0 aliphatic carbocycles. The second-order valence-electron chi connectivity index (χ2n) is 6.17. The van der Waals surface area contributed by atoms with Gasteiger partial charge in [-0.3, -0.25) is 4.79 Å². The lowest BCUT2D eigenvalue weighted by atomic mass is 9.90. The van der Waals surface area contributed by atoms with Crippen LogP contribution in [0.2, 0.25) is 0 Å². The zero-order chi connectivity index (χ0) is 15.2. The molecule has 1 aliphatic heterocycles. The van der Waals surface area contributed by atoms with Gasteiger partial charge in [0, 0.05) is 13.6 Å². The van der Waals surface area contributed by atoms with E-state index in [1.807, 2.05) is 11.9 Å². The standard InChI is InChI=1S/C18H28N2O/c1-4-14-6-8-16(9-7-14)13-20(3)18(21)17-12-15(5-2)10-11-19-17/h6-9,15,17,19H,4-5,10-13H2,1-3H3. The molecule has 0 saturated carbocycles. The van der Waals surface area contributed by atoms with Crippen LogP contribution in [-0.4, -0.2) is 30.4 Å². The number of hydrogen-bond donors (Lipinski definition) is 1. The van der Waals surface area contributed by atoms with Crippen molar-refractivity contribution in [3.63, 3.8) is 0 Å². The number of aryl methyl sites for hydroxylation is 1. The average Bonchev–Trinajstić information content (AvgIpc) is 2.54. The van der Waals surface area contributed by atoms with Crippen LogP contribution in [0.15, 0.2) is 24.3 Å². The van der Waals surface area contributed by atoms with E-state index in [0.29, 0.717) is 12.5 Å². The highest BCUT2D eigenvalue weighted by Crippen LogP contribution is 2.20. The van der Waals surface area contributed by atoms with Crippen LogP contribution in [0.4, 0.5) is 0 Å². The van der Waals surface area contributed by atoms with Crippen LogP contribution < -0.4 is 5.32 Å². The zero-order valence-corrected chi connectivity index (χ0v) is 13.6. The van der Waals surface area contributed by atoms with Gasteiger partial charge in [0.1, 0.15) is 0 Å². The third kappa shape index (κ3) is 4.31. The largest absolute Gasteiger partial charge is 0.340 e. The molecule has 0 aromatic heterocycles. The maximum atomic E-state index is 12.6. The van der Waals surface area contributed by atoms with E-state index in [9.17, 15) is 4.79 Å². The summed E-state index contributed by atoms with van der Waals surface area (Å²) in [5, 5.41) is 3.38. The van der Waals surface area contributed by atoms with E-state index in [1.54, 1.807) is 0 Å². The Morgan fingerprint density at radius 3 is 2.52 bits per heavy atom. The molecule has 21 heavy (non-hydrogen) atoms. The highest BCUT2D eigenvalue weighted by atomic mass is 16.2. The lowest BCUT2D eigenvalue weighted by Gasteiger charge is -2.31. The SMILES string of the molecule is CCc1ccc(CN(C)C(=O)C2CC(CC)CCN2)cc1. The fourth-order valence-electron chi connectivity index (χ4n) is 3.05. The molecule has 2 rings (SSSR count). The summed E-state index contributed by atoms with van der Waals surface area (Å²) in [7, 11) is 1.91. The molecule has 1 fully saturated rings. The van der Waals surface area contributed by atoms with Gasteiger partial charge >= 0.3 is 0 Å². The van der Waals surface area contributed by atoms with Crippen LogP contribution >= 0.6 is 0 Å². The second-order valence-corrected chi connectivity index (χ2v) is 6.17. The molecule has 3 nitrogen and oxygen atoms in total. The number of rotatable bonds is 5. The fraction of sp³-hybridized carbons (Fsp3) is 0.611. The Bertz CT molecular complexity index is 455. The Kier molecular flexibility index (Phi) is 5.80. The average molecular weight is 288 g/mol. The molecule has 1 N–H and O–H groups in total. The van der Waals surface area contributed by atoms with Crippen LogP contribution in [0, 0.1) is 5.92 Å². The Hall–Kier alpha value is -1.35. The Balaban J connectivity index is 1.92. The molecule has 116 valence electrons. The number of amides is 1. The Labute approximate surface area is 128 Å². The van der Waals surface area contributed by atoms with Gasteiger partial charge in [0.25, 0.3) is 0 Å². The highest BCUT2D eigenvalue weighted by Gasteiger charge is 2.27. The van der Waals surface area contributed by atoms with E-state index in [2.05, 4.69) is 43.4 Å². The molecule has 2 unspecified atom stereocenters. The Morgan fingerprint density at radius 1 is 1.24 bits per heavy atom. The fourth-order valence-corrected chi connectivity index (χ4v) is 3.05. The van der Waals surface area contributed by atoms with Gasteiger partial charge in [-0.05, 0) is 42.9 Å². The molecule has 0 bridgehead atoms. The van der Waals surface area contributed by atoms with Gasteiger partial charge in [-0.2, -0.15) is 0 Å². The summed E-state index contributed by atoms with van der Waals surface area (Å²) in [6.45, 7) is 6.03. The van der Waals surface area contributed by atoms with Gasteiger partial charge in [0.2, 0.25) is 5.91 Å². The maximum Gasteiger partial charge on any atom is 0.239 e. The summed E-state index contributed by atoms with van der Waals surface area (Å²) in [4.78, 5) is 14.4. The van der Waals surface area contributed by atoms with Crippen molar-refractivity contribution in [3.05, 3.63) is 35.4 Å². The number of carbonyl (C=O) groups excluding carboxylic acids is 1. The van der Waals surface area contributed by atoms with E-state index >= 15 is 0 Å². The first-order valence-corrected chi connectivity index (χ1v) is 8.20. The number of hydrogen-bond acceptors (Lipinski definition) is 2. The number of nitrogens with zero attached hydrogens (tertiary/aromatic N) is 1. The van der Waals surface area contributed by atoms with Crippen molar-refractivity contribution in [1.82, 2.24) is 10.2 Å². The van der Waals surface area contributed by atoms with Crippen molar-refractivity contribution in [2.24, 2.45) is 5.92 Å². The van der Waals surface area contributed by atoms with Crippen LogP contribution in [-0.2, 0) is 17.8 Å². The monoisotopic (exact) mass is 288 g/mol. The minimum atomic E-state index is 0.00335. The third-order valence-electron chi connectivity index (χ3n) is 4.61. The van der Waals surface area contributed by atoms with Gasteiger partial charge in [-0.15, -0.1) is 0 Å². The Morgan fingerprint density at radius 2 is 1.90 bits per heavy atom. The predicted molar refractivity (Wildman–Crippen MR) is 87.1 cm³/mol. The molecule has 0 spiro atoms. The molecule has 2 atom stereocenters. The smallest absolute Gasteiger partial charge is 0.239 e. The molecule has 1 aromatic rings. The topological polar surface area (TPSA) is 32.3 Å². The first-order chi connectivity index (χ1) is 10.1. The van der Waals surface area contributed by atoms with Crippen molar-refractivity contribution < 1.29 is 4.79 Å². The molecule has 1 heterocycles. The molecular weight excluding hydrogens is 260 g/mol. The van der Waals surface area contributed by atoms with Crippen molar-refractivity contribution in [1.29, 1.82) is 0 Å². The van der Waals surface area contributed by atoms with E-state index in [4.69, 9.17) is 0 Å². The molecule has 3 heteroatoms. The van der Waals surface area contributed by atoms with E-state index in [1.165, 1.54) is 24.0 Å². The van der Waals surface area contributed by atoms with Crippen molar-refractivity contribution >= 4 is 5.91 Å². The predicted octanol–water partition coefficient (Wildman–Crippen LogP) is 2.99. The number of carbonyl (C=O) groups is 1. The number of benzene rings is 1. The van der Waals surface area contributed by atoms with Crippen molar-refractivity contribution in [2.75, 3.05) is 13.6 Å². The molecular formula is C18H28N2O. The molecule has 1 amide bonds. The quantitative estimate of drug-likeness (QED) is 0.903. The minimum absolute atomic E-state index is 0.00335. The van der Waals surface area contributed by atoms with E-state index < -0.39 is 0 Å². The number of piperidine rings is 1. The highest BCUT2D eigenvalue weighted by molar-refractivity contribution is 5.81. The first kappa shape index (κ1) is 16.0. The second kappa shape index (κ2) is 7.60. The summed E-state index contributed by atoms with van der Waals surface area (Å²) in [6.07, 6.45) is 4.41. The maximum absolute atomic E-state index is 12.6. The normalized spacial score (nSPS) is 22.0. The third-order valence-corrected chi connectivity index (χ3v) is 4.61. The van der Waals surface area contributed by atoms with E-state index in [0.717, 1.165) is 19.4 Å². The van der Waals surface area contributed by atoms with Crippen molar-refractivity contribution in [2.45, 2.75) is 52.1 Å². The van der Waals surface area contributed by atoms with Crippen LogP contribution in [0.1, 0.15) is 44.2 Å². The minimum Gasteiger partial charge on any atom is -0.340 e. The summed E-state index contributed by atoms with van der Waals surface area (Å²) in [6, 6.07) is 8.57. The van der Waals surface area contributed by atoms with Gasteiger partial charge in [0.15, 0.2) is 0 Å². The van der Waals surface area contributed by atoms with Crippen LogP contribution in [0.25, 0.3) is 0 Å². The van der Waals surface area contributed by atoms with Crippen LogP contribution in [0.5, 0.6) is 0 Å². The molecule has 1 aliphatic rings.